The van der Waals surface area contributed by atoms with E-state index in [-0.39, 0.29) is 12.3 Å². The molecular weight excluding hydrogens is 429 g/mol. The predicted molar refractivity (Wildman–Crippen MR) is 98.6 cm³/mol. The number of amides is 1. The molecule has 0 fully saturated rings. The van der Waals surface area contributed by atoms with Gasteiger partial charge < -0.3 is 14.8 Å². The molecule has 1 amide bonds. The number of nitrogens with one attached hydrogen (secondary N) is 1. The van der Waals surface area contributed by atoms with Gasteiger partial charge >= 0.3 is 0 Å². The molecule has 2 aromatic carbocycles. The minimum Gasteiger partial charge on any atom is -0.489 e. The second kappa shape index (κ2) is 7.40. The highest BCUT2D eigenvalue weighted by atomic mass is 127. The Morgan fingerprint density at radius 3 is 2.70 bits per heavy atom. The number of anilines is 1. The molecule has 1 N–H and O–H groups in total. The first-order valence-electron chi connectivity index (χ1n) is 7.25. The predicted octanol–water partition coefficient (Wildman–Crippen LogP) is 4.29. The summed E-state index contributed by atoms with van der Waals surface area (Å²) >= 11 is 8.47. The van der Waals surface area contributed by atoms with Gasteiger partial charge in [-0.05, 0) is 64.6 Å². The maximum absolute atomic E-state index is 12.2. The van der Waals surface area contributed by atoms with Crippen LogP contribution in [0, 0.1) is 3.57 Å². The zero-order valence-corrected chi connectivity index (χ0v) is 15.2. The average molecular weight is 444 g/mol. The fraction of sp³-hybridized carbons (Fsp3) is 0.235. The van der Waals surface area contributed by atoms with Crippen LogP contribution in [0.1, 0.15) is 12.0 Å². The lowest BCUT2D eigenvalue weighted by Gasteiger charge is -2.12. The smallest absolute Gasteiger partial charge is 0.228 e. The van der Waals surface area contributed by atoms with Crippen LogP contribution in [0.5, 0.6) is 11.5 Å². The molecule has 1 aliphatic rings. The van der Waals surface area contributed by atoms with Crippen LogP contribution in [0.3, 0.4) is 0 Å². The van der Waals surface area contributed by atoms with E-state index in [2.05, 4.69) is 27.9 Å². The van der Waals surface area contributed by atoms with Gasteiger partial charge in [-0.3, -0.25) is 4.79 Å². The van der Waals surface area contributed by atoms with E-state index < -0.39 is 0 Å². The molecule has 3 rings (SSSR count). The van der Waals surface area contributed by atoms with Gasteiger partial charge in [-0.25, -0.2) is 0 Å². The second-order valence-electron chi connectivity index (χ2n) is 5.19. The molecule has 1 heterocycles. The Morgan fingerprint density at radius 1 is 1.17 bits per heavy atom. The van der Waals surface area contributed by atoms with Crippen LogP contribution in [-0.4, -0.2) is 19.1 Å². The quantitative estimate of drug-likeness (QED) is 0.720. The maximum Gasteiger partial charge on any atom is 0.228 e. The first-order valence-corrected chi connectivity index (χ1v) is 8.71. The number of carbonyl (C=O) groups is 1. The van der Waals surface area contributed by atoms with E-state index in [1.807, 2.05) is 30.3 Å². The number of hydrogen-bond donors (Lipinski definition) is 1. The highest BCUT2D eigenvalue weighted by Crippen LogP contribution is 2.38. The molecule has 0 bridgehead atoms. The number of halogens is 2. The number of carbonyl (C=O) groups excluding carboxylic acids is 1. The first kappa shape index (κ1) is 16.4. The normalized spacial score (nSPS) is 13.3. The monoisotopic (exact) mass is 443 g/mol. The topological polar surface area (TPSA) is 47.6 Å². The minimum absolute atomic E-state index is 0.100. The first-order chi connectivity index (χ1) is 11.1. The molecule has 0 saturated heterocycles. The lowest BCUT2D eigenvalue weighted by molar-refractivity contribution is -0.115. The Bertz CT molecular complexity index is 719. The molecule has 23 heavy (non-hydrogen) atoms. The molecule has 0 radical (unpaired) electrons. The number of fused-ring (bicyclic) bond motifs is 1. The summed E-state index contributed by atoms with van der Waals surface area (Å²) in [6, 6.07) is 11.2. The van der Waals surface area contributed by atoms with Crippen molar-refractivity contribution >= 4 is 45.8 Å². The van der Waals surface area contributed by atoms with Gasteiger partial charge in [0.25, 0.3) is 0 Å². The van der Waals surface area contributed by atoms with Crippen LogP contribution < -0.4 is 14.8 Å². The van der Waals surface area contributed by atoms with Crippen LogP contribution in [0.25, 0.3) is 0 Å². The van der Waals surface area contributed by atoms with Gasteiger partial charge in [0.05, 0.1) is 24.7 Å². The molecule has 1 aliphatic heterocycles. The zero-order chi connectivity index (χ0) is 16.2. The number of hydrogen-bond acceptors (Lipinski definition) is 3. The van der Waals surface area contributed by atoms with Crippen molar-refractivity contribution in [1.29, 1.82) is 0 Å². The zero-order valence-electron chi connectivity index (χ0n) is 12.3. The van der Waals surface area contributed by atoms with Crippen molar-refractivity contribution in [2.45, 2.75) is 12.8 Å². The standard InChI is InChI=1S/C17H15ClINO3/c18-14-8-11(9-15-17(14)23-7-1-6-22-15)10-16(21)20-13-4-2-12(19)3-5-13/h2-5,8-9H,1,6-7,10H2,(H,20,21). The Hall–Kier alpha value is -1.47. The highest BCUT2D eigenvalue weighted by Gasteiger charge is 2.16. The van der Waals surface area contributed by atoms with E-state index in [9.17, 15) is 4.79 Å². The molecule has 2 aromatic rings. The third-order valence-electron chi connectivity index (χ3n) is 3.35. The van der Waals surface area contributed by atoms with Crippen molar-refractivity contribution in [3.63, 3.8) is 0 Å². The van der Waals surface area contributed by atoms with E-state index in [0.29, 0.717) is 29.7 Å². The number of benzene rings is 2. The summed E-state index contributed by atoms with van der Waals surface area (Å²) in [6.45, 7) is 1.17. The van der Waals surface area contributed by atoms with Gasteiger partial charge in [0.2, 0.25) is 5.91 Å². The Labute approximate surface area is 153 Å². The van der Waals surface area contributed by atoms with Gasteiger partial charge in [0.15, 0.2) is 11.5 Å². The van der Waals surface area contributed by atoms with Crippen LogP contribution in [-0.2, 0) is 11.2 Å². The van der Waals surface area contributed by atoms with Crippen LogP contribution in [0.4, 0.5) is 5.69 Å². The molecule has 0 saturated carbocycles. The Morgan fingerprint density at radius 2 is 1.91 bits per heavy atom. The minimum atomic E-state index is -0.100. The molecule has 0 unspecified atom stereocenters. The molecule has 0 aliphatic carbocycles. The third-order valence-corrected chi connectivity index (χ3v) is 4.35. The van der Waals surface area contributed by atoms with Gasteiger partial charge in [-0.2, -0.15) is 0 Å². The second-order valence-corrected chi connectivity index (χ2v) is 6.84. The number of ether oxygens (including phenoxy) is 2. The summed E-state index contributed by atoms with van der Waals surface area (Å²) in [5.74, 6) is 1.06. The Kier molecular flexibility index (Phi) is 5.27. The molecular formula is C17H15ClINO3. The van der Waals surface area contributed by atoms with E-state index in [1.54, 1.807) is 6.07 Å². The molecule has 4 nitrogen and oxygen atoms in total. The van der Waals surface area contributed by atoms with Crippen LogP contribution in [0.15, 0.2) is 36.4 Å². The van der Waals surface area contributed by atoms with E-state index in [4.69, 9.17) is 21.1 Å². The maximum atomic E-state index is 12.2. The fourth-order valence-corrected chi connectivity index (χ4v) is 2.96. The summed E-state index contributed by atoms with van der Waals surface area (Å²) in [7, 11) is 0. The summed E-state index contributed by atoms with van der Waals surface area (Å²) < 4.78 is 12.3. The highest BCUT2D eigenvalue weighted by molar-refractivity contribution is 14.1. The molecule has 0 spiro atoms. The van der Waals surface area contributed by atoms with Crippen molar-refractivity contribution < 1.29 is 14.3 Å². The van der Waals surface area contributed by atoms with Crippen molar-refractivity contribution in [2.24, 2.45) is 0 Å². The third kappa shape index (κ3) is 4.29. The van der Waals surface area contributed by atoms with Crippen molar-refractivity contribution in [2.75, 3.05) is 18.5 Å². The molecule has 0 aromatic heterocycles. The number of rotatable bonds is 3. The van der Waals surface area contributed by atoms with Gasteiger partial charge in [-0.15, -0.1) is 0 Å². The Balaban J connectivity index is 1.72. The summed E-state index contributed by atoms with van der Waals surface area (Å²) in [5, 5.41) is 3.35. The average Bonchev–Trinajstić information content (AvgIpc) is 2.75. The van der Waals surface area contributed by atoms with Crippen molar-refractivity contribution in [1.82, 2.24) is 0 Å². The van der Waals surface area contributed by atoms with E-state index in [0.717, 1.165) is 21.2 Å². The van der Waals surface area contributed by atoms with Crippen molar-refractivity contribution in [3.05, 3.63) is 50.6 Å². The lowest BCUT2D eigenvalue weighted by atomic mass is 10.1. The molecule has 120 valence electrons. The van der Waals surface area contributed by atoms with Gasteiger partial charge in [-0.1, -0.05) is 11.6 Å². The van der Waals surface area contributed by atoms with Crippen LogP contribution in [0.2, 0.25) is 5.02 Å². The molecule has 6 heteroatoms. The largest absolute Gasteiger partial charge is 0.489 e. The lowest BCUT2D eigenvalue weighted by Crippen LogP contribution is -2.14. The SMILES string of the molecule is O=C(Cc1cc(Cl)c2c(c1)OCCCO2)Nc1ccc(I)cc1. The van der Waals surface area contributed by atoms with Gasteiger partial charge in [0, 0.05) is 15.7 Å². The summed E-state index contributed by atoms with van der Waals surface area (Å²) in [5.41, 5.74) is 1.57. The fourth-order valence-electron chi connectivity index (χ4n) is 2.31. The van der Waals surface area contributed by atoms with Crippen molar-refractivity contribution in [3.8, 4) is 11.5 Å². The van der Waals surface area contributed by atoms with Gasteiger partial charge in [0.1, 0.15) is 0 Å². The summed E-state index contributed by atoms with van der Waals surface area (Å²) in [6.07, 6.45) is 1.04. The summed E-state index contributed by atoms with van der Waals surface area (Å²) in [4.78, 5) is 12.2. The van der Waals surface area contributed by atoms with E-state index >= 15 is 0 Å². The molecule has 0 atom stereocenters. The van der Waals surface area contributed by atoms with E-state index in [1.165, 1.54) is 0 Å². The van der Waals surface area contributed by atoms with Crippen LogP contribution >= 0.6 is 34.2 Å².